The van der Waals surface area contributed by atoms with Crippen molar-refractivity contribution in [2.75, 3.05) is 19.8 Å². The fourth-order valence-electron chi connectivity index (χ4n) is 7.92. The minimum absolute atomic E-state index is 0.126. The Morgan fingerprint density at radius 2 is 0.591 bits per heavy atom. The maximum Gasteiger partial charge on any atom is 0.305 e. The molecule has 0 bridgehead atoms. The molecule has 0 aliphatic rings. The molecule has 5 nitrogen and oxygen atoms in total. The van der Waals surface area contributed by atoms with Gasteiger partial charge in [-0.2, -0.15) is 0 Å². The molecule has 0 saturated heterocycles. The van der Waals surface area contributed by atoms with Crippen LogP contribution in [0.5, 0.6) is 0 Å². The molecule has 0 fully saturated rings. The topological polar surface area (TPSA) is 61.8 Å². The van der Waals surface area contributed by atoms with Crippen molar-refractivity contribution in [2.45, 2.75) is 284 Å². The lowest BCUT2D eigenvalue weighted by Crippen LogP contribution is -2.29. The second-order valence-corrected chi connectivity index (χ2v) is 18.8. The number of allylic oxidation sites excluding steroid dienone is 12. The summed E-state index contributed by atoms with van der Waals surface area (Å²) in [7, 11) is 0. The Kier molecular flexibility index (Phi) is 54.4. The van der Waals surface area contributed by atoms with E-state index in [0.29, 0.717) is 19.4 Å². The number of unbranched alkanes of at least 4 members (excludes halogenated alkanes) is 29. The van der Waals surface area contributed by atoms with E-state index in [0.717, 1.165) is 70.6 Å². The lowest BCUT2D eigenvalue weighted by atomic mass is 10.0. The molecule has 5 heteroatoms. The molecule has 382 valence electrons. The minimum atomic E-state index is -0.426. The molecule has 0 N–H and O–H groups in total. The molecule has 0 rings (SSSR count). The highest BCUT2D eigenvalue weighted by molar-refractivity contribution is 5.69. The number of hydrogen-bond acceptors (Lipinski definition) is 5. The Morgan fingerprint density at radius 1 is 0.318 bits per heavy atom. The fourth-order valence-corrected chi connectivity index (χ4v) is 7.92. The summed E-state index contributed by atoms with van der Waals surface area (Å²) >= 11 is 0. The minimum Gasteiger partial charge on any atom is -0.463 e. The van der Waals surface area contributed by atoms with E-state index < -0.39 is 6.10 Å². The maximum atomic E-state index is 12.7. The van der Waals surface area contributed by atoms with Crippen molar-refractivity contribution in [1.82, 2.24) is 0 Å². The van der Waals surface area contributed by atoms with Crippen LogP contribution in [0.15, 0.2) is 72.9 Å². The van der Waals surface area contributed by atoms with Gasteiger partial charge in [0.25, 0.3) is 0 Å². The third kappa shape index (κ3) is 54.0. The van der Waals surface area contributed by atoms with Crippen LogP contribution in [0.25, 0.3) is 0 Å². The lowest BCUT2D eigenvalue weighted by Gasteiger charge is -2.18. The van der Waals surface area contributed by atoms with Crippen LogP contribution in [0, 0.1) is 0 Å². The van der Waals surface area contributed by atoms with Gasteiger partial charge in [-0.1, -0.05) is 248 Å². The average molecular weight is 922 g/mol. The van der Waals surface area contributed by atoms with Gasteiger partial charge in [0.05, 0.1) is 0 Å². The van der Waals surface area contributed by atoms with Gasteiger partial charge < -0.3 is 14.2 Å². The van der Waals surface area contributed by atoms with E-state index >= 15 is 0 Å². The molecule has 0 radical (unpaired) electrons. The van der Waals surface area contributed by atoms with Gasteiger partial charge >= 0.3 is 11.9 Å². The number of rotatable bonds is 52. The SMILES string of the molecule is CCCCC/C=C\C/C=C\C/C=C\C/C=C\CCCC(=O)OC[C@H](COC(=O)CCCCCCCCC/C=C\C/C=C\CCCCC)OCCCCCCCCCCCCCCCCCC. The average Bonchev–Trinajstić information content (AvgIpc) is 3.32. The van der Waals surface area contributed by atoms with Crippen LogP contribution >= 0.6 is 0 Å². The van der Waals surface area contributed by atoms with Gasteiger partial charge in [0.2, 0.25) is 0 Å². The summed E-state index contributed by atoms with van der Waals surface area (Å²) in [6, 6.07) is 0. The van der Waals surface area contributed by atoms with Crippen molar-refractivity contribution >= 4 is 11.9 Å². The van der Waals surface area contributed by atoms with Crippen molar-refractivity contribution in [1.29, 1.82) is 0 Å². The number of carbonyl (C=O) groups excluding carboxylic acids is 2. The van der Waals surface area contributed by atoms with E-state index in [4.69, 9.17) is 14.2 Å². The summed E-state index contributed by atoms with van der Waals surface area (Å²) in [5, 5.41) is 0. The predicted octanol–water partition coefficient (Wildman–Crippen LogP) is 19.5. The first kappa shape index (κ1) is 63.3. The number of esters is 2. The summed E-state index contributed by atoms with van der Waals surface area (Å²) in [5.74, 6) is -0.399. The molecular formula is C61H108O5. The zero-order chi connectivity index (χ0) is 47.7. The number of hydrogen-bond donors (Lipinski definition) is 0. The quantitative estimate of drug-likeness (QED) is 0.0346. The lowest BCUT2D eigenvalue weighted by molar-refractivity contribution is -0.155. The van der Waals surface area contributed by atoms with Gasteiger partial charge in [-0.15, -0.1) is 0 Å². The Bertz CT molecular complexity index is 1180. The van der Waals surface area contributed by atoms with Crippen LogP contribution in [0.4, 0.5) is 0 Å². The van der Waals surface area contributed by atoms with Crippen LogP contribution < -0.4 is 0 Å². The van der Waals surface area contributed by atoms with Gasteiger partial charge in [-0.25, -0.2) is 0 Å². The van der Waals surface area contributed by atoms with Gasteiger partial charge in [0, 0.05) is 19.4 Å². The second-order valence-electron chi connectivity index (χ2n) is 18.8. The number of carbonyl (C=O) groups is 2. The van der Waals surface area contributed by atoms with E-state index in [1.165, 1.54) is 173 Å². The second kappa shape index (κ2) is 56.7. The van der Waals surface area contributed by atoms with Crippen molar-refractivity contribution in [2.24, 2.45) is 0 Å². The van der Waals surface area contributed by atoms with Gasteiger partial charge in [-0.3, -0.25) is 9.59 Å². The highest BCUT2D eigenvalue weighted by atomic mass is 16.6. The van der Waals surface area contributed by atoms with Gasteiger partial charge in [0.15, 0.2) is 0 Å². The standard InChI is InChI=1S/C61H108O5/c1-4-7-10-13-16-19-22-25-28-31-33-36-39-42-45-48-51-54-60(62)65-57-59(64-56-53-50-47-44-41-38-35-30-27-24-21-18-15-12-9-6-3)58-66-61(63)55-52-49-46-43-40-37-34-32-29-26-23-20-17-14-11-8-5-2/h16-17,19-20,25-26,28-29,33,36,42,45,59H,4-15,18,21-24,27,30-32,34-35,37-41,43-44,46-58H2,1-3H3/b19-16-,20-17-,28-25-,29-26-,36-33-,45-42-/t59-/m1/s1. The molecule has 0 amide bonds. The molecule has 1 atom stereocenters. The molecule has 0 unspecified atom stereocenters. The van der Waals surface area contributed by atoms with Gasteiger partial charge in [0.1, 0.15) is 19.3 Å². The molecule has 0 aromatic carbocycles. The zero-order valence-electron chi connectivity index (χ0n) is 44.0. The summed E-state index contributed by atoms with van der Waals surface area (Å²) in [5.41, 5.74) is 0. The first-order valence-electron chi connectivity index (χ1n) is 28.5. The largest absolute Gasteiger partial charge is 0.463 e. The molecule has 0 saturated carbocycles. The maximum absolute atomic E-state index is 12.7. The predicted molar refractivity (Wildman–Crippen MR) is 288 cm³/mol. The van der Waals surface area contributed by atoms with E-state index in [9.17, 15) is 9.59 Å². The molecule has 0 aliphatic carbocycles. The van der Waals surface area contributed by atoms with Crippen LogP contribution in [0.2, 0.25) is 0 Å². The molecule has 0 aromatic heterocycles. The van der Waals surface area contributed by atoms with E-state index in [-0.39, 0.29) is 25.2 Å². The molecule has 0 aromatic rings. The summed E-state index contributed by atoms with van der Waals surface area (Å²) in [4.78, 5) is 25.3. The first-order valence-corrected chi connectivity index (χ1v) is 28.5. The first-order chi connectivity index (χ1) is 32.6. The highest BCUT2D eigenvalue weighted by Crippen LogP contribution is 2.15. The molecular weight excluding hydrogens is 813 g/mol. The van der Waals surface area contributed by atoms with Crippen LogP contribution in [-0.4, -0.2) is 37.9 Å². The van der Waals surface area contributed by atoms with Crippen molar-refractivity contribution in [3.63, 3.8) is 0 Å². The summed E-state index contributed by atoms with van der Waals surface area (Å²) in [6.07, 6.45) is 73.7. The van der Waals surface area contributed by atoms with Crippen molar-refractivity contribution in [3.05, 3.63) is 72.9 Å². The molecule has 0 aliphatic heterocycles. The molecule has 66 heavy (non-hydrogen) atoms. The van der Waals surface area contributed by atoms with Crippen molar-refractivity contribution in [3.8, 4) is 0 Å². The number of ether oxygens (including phenoxy) is 3. The smallest absolute Gasteiger partial charge is 0.305 e. The zero-order valence-corrected chi connectivity index (χ0v) is 44.0. The van der Waals surface area contributed by atoms with Crippen molar-refractivity contribution < 1.29 is 23.8 Å². The summed E-state index contributed by atoms with van der Waals surface area (Å²) < 4.78 is 17.5. The Hall–Kier alpha value is -2.66. The normalized spacial score (nSPS) is 12.7. The monoisotopic (exact) mass is 921 g/mol. The summed E-state index contributed by atoms with van der Waals surface area (Å²) in [6.45, 7) is 7.64. The van der Waals surface area contributed by atoms with Crippen LogP contribution in [-0.2, 0) is 23.8 Å². The van der Waals surface area contributed by atoms with Crippen LogP contribution in [0.3, 0.4) is 0 Å². The third-order valence-corrected chi connectivity index (χ3v) is 12.3. The fraction of sp³-hybridized carbons (Fsp3) is 0.770. The highest BCUT2D eigenvalue weighted by Gasteiger charge is 2.16. The molecule has 0 spiro atoms. The van der Waals surface area contributed by atoms with E-state index in [1.807, 2.05) is 0 Å². The Labute approximate surface area is 410 Å². The van der Waals surface area contributed by atoms with Crippen LogP contribution in [0.1, 0.15) is 278 Å². The molecule has 0 heterocycles. The van der Waals surface area contributed by atoms with E-state index in [2.05, 4.69) is 93.7 Å². The third-order valence-electron chi connectivity index (χ3n) is 12.3. The Morgan fingerprint density at radius 3 is 0.985 bits per heavy atom. The Balaban J connectivity index is 4.35. The van der Waals surface area contributed by atoms with Gasteiger partial charge in [-0.05, 0) is 89.9 Å². The van der Waals surface area contributed by atoms with E-state index in [1.54, 1.807) is 0 Å².